The summed E-state index contributed by atoms with van der Waals surface area (Å²) in [6, 6.07) is 0.476. The number of hydrogen-bond donors (Lipinski definition) is 2. The van der Waals surface area contributed by atoms with Crippen LogP contribution in [0.25, 0.3) is 0 Å². The summed E-state index contributed by atoms with van der Waals surface area (Å²) in [5.74, 6) is 0. The summed E-state index contributed by atoms with van der Waals surface area (Å²) >= 11 is 0. The highest BCUT2D eigenvalue weighted by Crippen LogP contribution is 2.09. The lowest BCUT2D eigenvalue weighted by Gasteiger charge is -2.23. The topological polar surface area (TPSA) is 61.4 Å². The first kappa shape index (κ1) is 12.9. The number of piperidine rings is 1. The van der Waals surface area contributed by atoms with Crippen molar-refractivity contribution < 1.29 is 8.42 Å². The summed E-state index contributed by atoms with van der Waals surface area (Å²) in [5, 5.41) is 3.39. The minimum atomic E-state index is -3.24. The summed E-state index contributed by atoms with van der Waals surface area (Å²) in [4.78, 5) is 0. The molecule has 1 fully saturated rings. The zero-order valence-electron chi connectivity index (χ0n) is 9.49. The van der Waals surface area contributed by atoms with Crippen molar-refractivity contribution in [2.75, 3.05) is 27.2 Å². The van der Waals surface area contributed by atoms with Gasteiger partial charge in [0, 0.05) is 26.7 Å². The molecule has 1 aliphatic rings. The van der Waals surface area contributed by atoms with E-state index in [2.05, 4.69) is 10.0 Å². The molecule has 1 saturated heterocycles. The zero-order valence-corrected chi connectivity index (χ0v) is 10.3. The second-order valence-electron chi connectivity index (χ2n) is 4.12. The second kappa shape index (κ2) is 5.79. The van der Waals surface area contributed by atoms with Crippen LogP contribution in [0.1, 0.15) is 25.7 Å². The van der Waals surface area contributed by atoms with Crippen LogP contribution in [0.15, 0.2) is 0 Å². The molecule has 0 aromatic rings. The Bertz CT molecular complexity index is 271. The normalized spacial score (nSPS) is 23.3. The van der Waals surface area contributed by atoms with Crippen molar-refractivity contribution in [3.05, 3.63) is 0 Å². The predicted octanol–water partition coefficient (Wildman–Crippen LogP) is -0.0854. The fourth-order valence-corrected chi connectivity index (χ4v) is 2.30. The van der Waals surface area contributed by atoms with Crippen LogP contribution in [0.3, 0.4) is 0 Å². The Balaban J connectivity index is 2.20. The van der Waals surface area contributed by atoms with E-state index in [0.717, 1.165) is 19.4 Å². The monoisotopic (exact) mass is 235 g/mol. The Kier molecular flexibility index (Phi) is 4.98. The molecule has 1 rings (SSSR count). The molecule has 0 aromatic heterocycles. The highest BCUT2D eigenvalue weighted by molar-refractivity contribution is 7.87. The van der Waals surface area contributed by atoms with Gasteiger partial charge in [-0.05, 0) is 25.8 Å². The number of rotatable bonds is 5. The van der Waals surface area contributed by atoms with Crippen molar-refractivity contribution in [1.82, 2.24) is 14.3 Å². The number of nitrogens with zero attached hydrogens (tertiary/aromatic N) is 1. The van der Waals surface area contributed by atoms with Gasteiger partial charge >= 0.3 is 0 Å². The van der Waals surface area contributed by atoms with Gasteiger partial charge in [-0.3, -0.25) is 0 Å². The fraction of sp³-hybridized carbons (Fsp3) is 1.00. The summed E-state index contributed by atoms with van der Waals surface area (Å²) in [7, 11) is -0.186. The standard InChI is InChI=1S/C9H21N3O2S/c1-12(2)15(13,14)11-8-6-9-5-3-4-7-10-9/h9-11H,3-8H2,1-2H3. The third kappa shape index (κ3) is 4.46. The Morgan fingerprint density at radius 2 is 2.13 bits per heavy atom. The maximum atomic E-state index is 11.4. The van der Waals surface area contributed by atoms with Crippen molar-refractivity contribution in [2.24, 2.45) is 0 Å². The fourth-order valence-electron chi connectivity index (χ4n) is 1.66. The van der Waals surface area contributed by atoms with Crippen LogP contribution in [0.5, 0.6) is 0 Å². The van der Waals surface area contributed by atoms with Crippen molar-refractivity contribution in [1.29, 1.82) is 0 Å². The molecule has 0 bridgehead atoms. The molecule has 0 amide bonds. The van der Waals surface area contributed by atoms with Crippen LogP contribution in [-0.2, 0) is 10.2 Å². The quantitative estimate of drug-likeness (QED) is 0.700. The van der Waals surface area contributed by atoms with Crippen molar-refractivity contribution in [3.63, 3.8) is 0 Å². The first-order valence-electron chi connectivity index (χ1n) is 5.43. The van der Waals surface area contributed by atoms with Crippen LogP contribution in [-0.4, -0.2) is 45.9 Å². The van der Waals surface area contributed by atoms with Crippen LogP contribution in [0.2, 0.25) is 0 Å². The second-order valence-corrected chi connectivity index (χ2v) is 6.09. The molecule has 0 aliphatic carbocycles. The molecular weight excluding hydrogens is 214 g/mol. The van der Waals surface area contributed by atoms with E-state index >= 15 is 0 Å². The van der Waals surface area contributed by atoms with Gasteiger partial charge in [-0.15, -0.1) is 0 Å². The van der Waals surface area contributed by atoms with E-state index in [4.69, 9.17) is 0 Å². The van der Waals surface area contributed by atoms with Gasteiger partial charge in [-0.25, -0.2) is 4.72 Å². The molecule has 15 heavy (non-hydrogen) atoms. The molecule has 6 heteroatoms. The van der Waals surface area contributed by atoms with E-state index < -0.39 is 10.2 Å². The van der Waals surface area contributed by atoms with Gasteiger partial charge in [0.15, 0.2) is 0 Å². The predicted molar refractivity (Wildman–Crippen MR) is 60.9 cm³/mol. The number of nitrogens with one attached hydrogen (secondary N) is 2. The summed E-state index contributed by atoms with van der Waals surface area (Å²) < 4.78 is 26.5. The number of hydrogen-bond acceptors (Lipinski definition) is 3. The summed E-state index contributed by atoms with van der Waals surface area (Å²) in [6.45, 7) is 1.57. The minimum Gasteiger partial charge on any atom is -0.314 e. The SMILES string of the molecule is CN(C)S(=O)(=O)NCCC1CCCCN1. The Morgan fingerprint density at radius 1 is 1.40 bits per heavy atom. The third-order valence-electron chi connectivity index (χ3n) is 2.67. The van der Waals surface area contributed by atoms with Gasteiger partial charge < -0.3 is 5.32 Å². The van der Waals surface area contributed by atoms with Crippen LogP contribution < -0.4 is 10.0 Å². The first-order chi connectivity index (χ1) is 7.02. The molecule has 2 N–H and O–H groups in total. The van der Waals surface area contributed by atoms with Gasteiger partial charge in [0.1, 0.15) is 0 Å². The largest absolute Gasteiger partial charge is 0.314 e. The van der Waals surface area contributed by atoms with Crippen LogP contribution in [0, 0.1) is 0 Å². The maximum absolute atomic E-state index is 11.4. The maximum Gasteiger partial charge on any atom is 0.278 e. The van der Waals surface area contributed by atoms with Crippen LogP contribution >= 0.6 is 0 Å². The van der Waals surface area contributed by atoms with Crippen molar-refractivity contribution in [2.45, 2.75) is 31.7 Å². The molecule has 0 aromatic carbocycles. The average Bonchev–Trinajstić information content (AvgIpc) is 2.19. The van der Waals surface area contributed by atoms with Gasteiger partial charge in [0.2, 0.25) is 0 Å². The Labute approximate surface area is 92.4 Å². The summed E-state index contributed by atoms with van der Waals surface area (Å²) in [5.41, 5.74) is 0. The molecule has 90 valence electrons. The molecule has 0 saturated carbocycles. The van der Waals surface area contributed by atoms with E-state index in [1.54, 1.807) is 0 Å². The first-order valence-corrected chi connectivity index (χ1v) is 6.87. The van der Waals surface area contributed by atoms with E-state index in [0.29, 0.717) is 12.6 Å². The Hall–Kier alpha value is -0.170. The average molecular weight is 235 g/mol. The molecule has 1 unspecified atom stereocenters. The lowest BCUT2D eigenvalue weighted by atomic mass is 10.0. The molecule has 1 atom stereocenters. The minimum absolute atomic E-state index is 0.476. The molecule has 0 spiro atoms. The lowest BCUT2D eigenvalue weighted by molar-refractivity contribution is 0.381. The molecule has 0 radical (unpaired) electrons. The van der Waals surface area contributed by atoms with E-state index in [1.807, 2.05) is 0 Å². The third-order valence-corrected chi connectivity index (χ3v) is 4.20. The van der Waals surface area contributed by atoms with Gasteiger partial charge in [0.05, 0.1) is 0 Å². The highest BCUT2D eigenvalue weighted by Gasteiger charge is 2.15. The van der Waals surface area contributed by atoms with Gasteiger partial charge in [-0.2, -0.15) is 12.7 Å². The molecule has 1 heterocycles. The van der Waals surface area contributed by atoms with Crippen LogP contribution in [0.4, 0.5) is 0 Å². The smallest absolute Gasteiger partial charge is 0.278 e. The van der Waals surface area contributed by atoms with Gasteiger partial charge in [-0.1, -0.05) is 6.42 Å². The molecule has 5 nitrogen and oxygen atoms in total. The molecular formula is C9H21N3O2S. The summed E-state index contributed by atoms with van der Waals surface area (Å²) in [6.07, 6.45) is 4.51. The van der Waals surface area contributed by atoms with E-state index in [9.17, 15) is 8.42 Å². The van der Waals surface area contributed by atoms with Gasteiger partial charge in [0.25, 0.3) is 10.2 Å². The zero-order chi connectivity index (χ0) is 11.3. The van der Waals surface area contributed by atoms with Crippen molar-refractivity contribution >= 4 is 10.2 Å². The van der Waals surface area contributed by atoms with E-state index in [-0.39, 0.29) is 0 Å². The molecule has 1 aliphatic heterocycles. The highest BCUT2D eigenvalue weighted by atomic mass is 32.2. The van der Waals surface area contributed by atoms with E-state index in [1.165, 1.54) is 31.2 Å². The van der Waals surface area contributed by atoms with Crippen molar-refractivity contribution in [3.8, 4) is 0 Å². The Morgan fingerprint density at radius 3 is 2.67 bits per heavy atom. The lowest BCUT2D eigenvalue weighted by Crippen LogP contribution is -2.40.